The molecule has 1 aliphatic heterocycles. The van der Waals surface area contributed by atoms with E-state index >= 15 is 0 Å². The van der Waals surface area contributed by atoms with E-state index in [2.05, 4.69) is 20.3 Å². The van der Waals surface area contributed by atoms with Gasteiger partial charge in [0.15, 0.2) is 0 Å². The van der Waals surface area contributed by atoms with Crippen molar-refractivity contribution in [2.75, 3.05) is 13.1 Å². The number of hydrogen-bond donors (Lipinski definition) is 2. The smallest absolute Gasteiger partial charge is 0.339 e. The minimum absolute atomic E-state index is 0.123. The van der Waals surface area contributed by atoms with Gasteiger partial charge in [0.05, 0.1) is 11.0 Å². The van der Waals surface area contributed by atoms with Gasteiger partial charge in [0.25, 0.3) is 0 Å². The van der Waals surface area contributed by atoms with E-state index in [1.54, 1.807) is 48.8 Å². The predicted molar refractivity (Wildman–Crippen MR) is 110 cm³/mol. The molecule has 0 bridgehead atoms. The minimum Gasteiger partial charge on any atom is -0.379 e. The van der Waals surface area contributed by atoms with Crippen molar-refractivity contribution in [2.24, 2.45) is 0 Å². The van der Waals surface area contributed by atoms with E-state index < -0.39 is 10.1 Å². The third-order valence-corrected chi connectivity index (χ3v) is 6.62. The maximum absolute atomic E-state index is 12.9. The van der Waals surface area contributed by atoms with Crippen molar-refractivity contribution in [3.05, 3.63) is 60.7 Å². The molecule has 0 atom stereocenters. The first-order valence-electron chi connectivity index (χ1n) is 9.58. The minimum atomic E-state index is -3.99. The highest BCUT2D eigenvalue weighted by Crippen LogP contribution is 2.29. The van der Waals surface area contributed by atoms with Crippen LogP contribution < -0.4 is 9.50 Å². The number of H-pyrrole nitrogens is 1. The van der Waals surface area contributed by atoms with Gasteiger partial charge in [0, 0.05) is 35.2 Å². The predicted octanol–water partition coefficient (Wildman–Crippen LogP) is 3.35. The summed E-state index contributed by atoms with van der Waals surface area (Å²) in [4.78, 5) is 12.2. The lowest BCUT2D eigenvalue weighted by Crippen LogP contribution is -2.27. The molecule has 8 heteroatoms. The van der Waals surface area contributed by atoms with Crippen molar-refractivity contribution in [3.63, 3.8) is 0 Å². The molecule has 1 saturated heterocycles. The van der Waals surface area contributed by atoms with Crippen molar-refractivity contribution >= 4 is 31.9 Å². The molecule has 1 fully saturated rings. The molecule has 0 saturated carbocycles. The first-order valence-corrected chi connectivity index (χ1v) is 11.0. The zero-order valence-corrected chi connectivity index (χ0v) is 16.4. The number of imidazole rings is 1. The highest BCUT2D eigenvalue weighted by Gasteiger charge is 2.21. The molecule has 0 aliphatic carbocycles. The number of aromatic nitrogens is 3. The molecule has 2 aromatic heterocycles. The quantitative estimate of drug-likeness (QED) is 0.503. The summed E-state index contributed by atoms with van der Waals surface area (Å²) in [7, 11) is -3.99. The summed E-state index contributed by atoms with van der Waals surface area (Å²) in [5.74, 6) is 1.59. The standard InChI is InChI=1S/C21H20N4O3S/c26-29(27,20-3-1-2-15-13-23-11-8-17(15)20)28-16-4-5-18-19(12-16)25-21(24-18)14-6-9-22-10-7-14/h1-5,8,11-14,22H,6-7,9-10H2,(H,24,25). The normalized spacial score (nSPS) is 15.7. The molecule has 2 aromatic carbocycles. The summed E-state index contributed by atoms with van der Waals surface area (Å²) in [6.45, 7) is 1.96. The first-order chi connectivity index (χ1) is 14.1. The van der Waals surface area contributed by atoms with Crippen LogP contribution in [0.15, 0.2) is 59.8 Å². The summed E-state index contributed by atoms with van der Waals surface area (Å²) < 4.78 is 31.3. The van der Waals surface area contributed by atoms with Gasteiger partial charge < -0.3 is 14.5 Å². The summed E-state index contributed by atoms with van der Waals surface area (Å²) in [6, 6.07) is 11.8. The van der Waals surface area contributed by atoms with Crippen molar-refractivity contribution in [1.29, 1.82) is 0 Å². The molecule has 5 rings (SSSR count). The number of piperidine rings is 1. The van der Waals surface area contributed by atoms with Gasteiger partial charge in [-0.05, 0) is 50.2 Å². The van der Waals surface area contributed by atoms with Gasteiger partial charge in [0.1, 0.15) is 16.5 Å². The fourth-order valence-corrected chi connectivity index (χ4v) is 4.98. The van der Waals surface area contributed by atoms with Crippen LogP contribution in [-0.4, -0.2) is 36.5 Å². The third kappa shape index (κ3) is 3.45. The molecule has 0 radical (unpaired) electrons. The van der Waals surface area contributed by atoms with Crippen LogP contribution in [-0.2, 0) is 10.1 Å². The number of benzene rings is 2. The van der Waals surface area contributed by atoms with Crippen molar-refractivity contribution < 1.29 is 12.6 Å². The topological polar surface area (TPSA) is 97.0 Å². The van der Waals surface area contributed by atoms with E-state index in [0.29, 0.717) is 11.3 Å². The first kappa shape index (κ1) is 18.1. The van der Waals surface area contributed by atoms with E-state index in [4.69, 9.17) is 4.18 Å². The zero-order chi connectivity index (χ0) is 19.8. The van der Waals surface area contributed by atoms with Gasteiger partial charge in [-0.1, -0.05) is 12.1 Å². The summed E-state index contributed by atoms with van der Waals surface area (Å²) in [5, 5.41) is 4.67. The lowest BCUT2D eigenvalue weighted by molar-refractivity contribution is 0.448. The van der Waals surface area contributed by atoms with E-state index in [1.807, 2.05) is 6.07 Å². The monoisotopic (exact) mass is 408 g/mol. The molecule has 7 nitrogen and oxygen atoms in total. The zero-order valence-electron chi connectivity index (χ0n) is 15.6. The van der Waals surface area contributed by atoms with Crippen molar-refractivity contribution in [1.82, 2.24) is 20.3 Å². The molecule has 0 spiro atoms. The van der Waals surface area contributed by atoms with E-state index in [9.17, 15) is 8.42 Å². The number of hydrogen-bond acceptors (Lipinski definition) is 6. The van der Waals surface area contributed by atoms with E-state index in [0.717, 1.165) is 48.2 Å². The molecule has 0 unspecified atom stereocenters. The van der Waals surface area contributed by atoms with Crippen LogP contribution in [0.2, 0.25) is 0 Å². The van der Waals surface area contributed by atoms with Crippen LogP contribution in [0, 0.1) is 0 Å². The van der Waals surface area contributed by atoms with Crippen LogP contribution in [0.25, 0.3) is 21.8 Å². The molecule has 148 valence electrons. The Hall–Kier alpha value is -2.97. The highest BCUT2D eigenvalue weighted by molar-refractivity contribution is 7.87. The molecule has 0 amide bonds. The fraction of sp³-hybridized carbons (Fsp3) is 0.238. The van der Waals surface area contributed by atoms with Gasteiger partial charge in [0.2, 0.25) is 0 Å². The number of fused-ring (bicyclic) bond motifs is 2. The number of rotatable bonds is 4. The van der Waals surface area contributed by atoms with Crippen molar-refractivity contribution in [2.45, 2.75) is 23.7 Å². The summed E-state index contributed by atoms with van der Waals surface area (Å²) in [5.41, 5.74) is 1.58. The molecule has 29 heavy (non-hydrogen) atoms. The SMILES string of the molecule is O=S(=O)(Oc1ccc2nc(C3CCNCC3)[nH]c2c1)c1cccc2cnccc12. The van der Waals surface area contributed by atoms with Crippen LogP contribution >= 0.6 is 0 Å². The maximum Gasteiger partial charge on any atom is 0.339 e. The Morgan fingerprint density at radius 2 is 1.93 bits per heavy atom. The number of aromatic amines is 1. The van der Waals surface area contributed by atoms with Gasteiger partial charge in [-0.3, -0.25) is 4.98 Å². The highest BCUT2D eigenvalue weighted by atomic mass is 32.2. The van der Waals surface area contributed by atoms with Crippen molar-refractivity contribution in [3.8, 4) is 5.75 Å². The Morgan fingerprint density at radius 3 is 2.79 bits per heavy atom. The molecule has 2 N–H and O–H groups in total. The summed E-state index contributed by atoms with van der Waals surface area (Å²) >= 11 is 0. The summed E-state index contributed by atoms with van der Waals surface area (Å²) in [6.07, 6.45) is 5.27. The Labute approximate surface area is 168 Å². The van der Waals surface area contributed by atoms with Crippen LogP contribution in [0.4, 0.5) is 0 Å². The lowest BCUT2D eigenvalue weighted by Gasteiger charge is -2.20. The van der Waals surface area contributed by atoms with Crippen LogP contribution in [0.5, 0.6) is 5.75 Å². The van der Waals surface area contributed by atoms with E-state index in [1.165, 1.54) is 0 Å². The largest absolute Gasteiger partial charge is 0.379 e. The number of nitrogens with one attached hydrogen (secondary N) is 2. The van der Waals surface area contributed by atoms with Gasteiger partial charge in [-0.2, -0.15) is 8.42 Å². The second kappa shape index (κ2) is 7.13. The van der Waals surface area contributed by atoms with E-state index in [-0.39, 0.29) is 10.6 Å². The maximum atomic E-state index is 12.9. The Kier molecular flexibility index (Phi) is 4.44. The molecule has 1 aliphatic rings. The lowest BCUT2D eigenvalue weighted by atomic mass is 9.98. The average molecular weight is 408 g/mol. The Balaban J connectivity index is 1.47. The van der Waals surface area contributed by atoms with Gasteiger partial charge in [-0.25, -0.2) is 4.98 Å². The molecule has 3 heterocycles. The van der Waals surface area contributed by atoms with Gasteiger partial charge in [-0.15, -0.1) is 0 Å². The second-order valence-electron chi connectivity index (χ2n) is 7.22. The third-order valence-electron chi connectivity index (χ3n) is 5.31. The average Bonchev–Trinajstić information content (AvgIpc) is 3.17. The van der Waals surface area contributed by atoms with Gasteiger partial charge >= 0.3 is 10.1 Å². The molecular formula is C21H20N4O3S. The second-order valence-corrected chi connectivity index (χ2v) is 8.73. The molecule has 4 aromatic rings. The van der Waals surface area contributed by atoms with Crippen LogP contribution in [0.1, 0.15) is 24.6 Å². The fourth-order valence-electron chi connectivity index (χ4n) is 3.83. The molecular weight excluding hydrogens is 388 g/mol. The Bertz CT molecular complexity index is 1290. The number of nitrogens with zero attached hydrogens (tertiary/aromatic N) is 2. The number of pyridine rings is 1. The Morgan fingerprint density at radius 1 is 1.07 bits per heavy atom. The van der Waals surface area contributed by atoms with Crippen LogP contribution in [0.3, 0.4) is 0 Å².